The molecule has 20 heavy (non-hydrogen) atoms. The van der Waals surface area contributed by atoms with E-state index in [0.717, 1.165) is 30.7 Å². The molecule has 0 bridgehead atoms. The normalized spacial score (nSPS) is 11.1. The number of imidazole rings is 1. The molecule has 0 aliphatic carbocycles. The molecular formula is C12H14N6OS. The molecule has 0 saturated carbocycles. The lowest BCUT2D eigenvalue weighted by Gasteiger charge is -2.05. The van der Waals surface area contributed by atoms with Gasteiger partial charge in [0, 0.05) is 25.4 Å². The van der Waals surface area contributed by atoms with Gasteiger partial charge in [-0.05, 0) is 24.7 Å². The van der Waals surface area contributed by atoms with Gasteiger partial charge in [0.05, 0.1) is 18.8 Å². The van der Waals surface area contributed by atoms with Crippen molar-refractivity contribution in [1.29, 1.82) is 0 Å². The van der Waals surface area contributed by atoms with E-state index in [1.165, 1.54) is 0 Å². The summed E-state index contributed by atoms with van der Waals surface area (Å²) in [7, 11) is 1.60. The first kappa shape index (κ1) is 12.8. The number of methoxy groups -OCH3 is 1. The average molecular weight is 290 g/mol. The van der Waals surface area contributed by atoms with E-state index in [2.05, 4.69) is 20.3 Å². The van der Waals surface area contributed by atoms with Crippen LogP contribution in [0.15, 0.2) is 24.5 Å². The molecule has 3 heterocycles. The summed E-state index contributed by atoms with van der Waals surface area (Å²) < 4.78 is 9.60. The first-order valence-electron chi connectivity index (χ1n) is 6.25. The van der Waals surface area contributed by atoms with Crippen LogP contribution >= 0.6 is 12.2 Å². The maximum Gasteiger partial charge on any atom is 0.215 e. The van der Waals surface area contributed by atoms with Crippen molar-refractivity contribution in [3.05, 3.63) is 29.3 Å². The van der Waals surface area contributed by atoms with Crippen LogP contribution in [0.1, 0.15) is 6.42 Å². The third-order valence-corrected chi connectivity index (χ3v) is 3.36. The number of pyridine rings is 1. The molecule has 0 amide bonds. The van der Waals surface area contributed by atoms with E-state index in [0.29, 0.717) is 10.7 Å². The third kappa shape index (κ3) is 2.42. The Hall–Kier alpha value is -2.22. The number of nitrogens with one attached hydrogen (secondary N) is 1. The van der Waals surface area contributed by atoms with Gasteiger partial charge >= 0.3 is 0 Å². The Morgan fingerprint density at radius 3 is 3.00 bits per heavy atom. The van der Waals surface area contributed by atoms with Gasteiger partial charge < -0.3 is 14.3 Å². The molecule has 3 aromatic heterocycles. The Labute approximate surface area is 120 Å². The predicted octanol–water partition coefficient (Wildman–Crippen LogP) is 1.78. The lowest BCUT2D eigenvalue weighted by atomic mass is 10.4. The van der Waals surface area contributed by atoms with Gasteiger partial charge in [0.15, 0.2) is 10.4 Å². The fourth-order valence-electron chi connectivity index (χ4n) is 2.08. The zero-order valence-corrected chi connectivity index (χ0v) is 11.8. The van der Waals surface area contributed by atoms with Crippen molar-refractivity contribution < 1.29 is 4.74 Å². The molecule has 0 spiro atoms. The van der Waals surface area contributed by atoms with E-state index in [1.54, 1.807) is 18.0 Å². The van der Waals surface area contributed by atoms with Gasteiger partial charge in [0.25, 0.3) is 0 Å². The fraction of sp³-hybridized carbons (Fsp3) is 0.333. The highest BCUT2D eigenvalue weighted by atomic mass is 32.1. The van der Waals surface area contributed by atoms with Crippen LogP contribution in [0.5, 0.6) is 5.88 Å². The van der Waals surface area contributed by atoms with Crippen LogP contribution < -0.4 is 4.74 Å². The van der Waals surface area contributed by atoms with Gasteiger partial charge in [0.1, 0.15) is 0 Å². The summed E-state index contributed by atoms with van der Waals surface area (Å²) in [6.07, 6.45) is 4.41. The largest absolute Gasteiger partial charge is 0.481 e. The third-order valence-electron chi connectivity index (χ3n) is 3.04. The van der Waals surface area contributed by atoms with Crippen LogP contribution in [0.25, 0.3) is 11.2 Å². The van der Waals surface area contributed by atoms with Crippen molar-refractivity contribution in [2.45, 2.75) is 19.5 Å². The second-order valence-corrected chi connectivity index (χ2v) is 4.71. The van der Waals surface area contributed by atoms with Crippen LogP contribution in [0, 0.1) is 4.77 Å². The first-order chi connectivity index (χ1) is 9.78. The summed E-state index contributed by atoms with van der Waals surface area (Å²) in [5, 5.41) is 7.71. The minimum atomic E-state index is 0.580. The van der Waals surface area contributed by atoms with E-state index < -0.39 is 0 Å². The van der Waals surface area contributed by atoms with Crippen molar-refractivity contribution in [2.75, 3.05) is 7.11 Å². The van der Waals surface area contributed by atoms with Gasteiger partial charge in [-0.3, -0.25) is 4.68 Å². The molecule has 3 aromatic rings. The number of ether oxygens (including phenoxy) is 1. The minimum Gasteiger partial charge on any atom is -0.481 e. The molecule has 0 aliphatic heterocycles. The predicted molar refractivity (Wildman–Crippen MR) is 76.1 cm³/mol. The van der Waals surface area contributed by atoms with Crippen molar-refractivity contribution >= 4 is 23.4 Å². The number of rotatable bonds is 5. The monoisotopic (exact) mass is 290 g/mol. The maximum absolute atomic E-state index is 5.34. The highest BCUT2D eigenvalue weighted by molar-refractivity contribution is 7.71. The molecule has 0 aliphatic rings. The number of nitrogens with zero attached hydrogens (tertiary/aromatic N) is 5. The zero-order valence-electron chi connectivity index (χ0n) is 11.0. The Bertz CT molecular complexity index is 760. The molecule has 1 N–H and O–H groups in total. The highest BCUT2D eigenvalue weighted by Gasteiger charge is 2.07. The number of hydrogen-bond donors (Lipinski definition) is 1. The van der Waals surface area contributed by atoms with Crippen molar-refractivity contribution in [3.63, 3.8) is 0 Å². The average Bonchev–Trinajstić information content (AvgIpc) is 3.07. The Morgan fingerprint density at radius 1 is 1.35 bits per heavy atom. The number of hydrogen-bond acceptors (Lipinski definition) is 5. The molecule has 0 atom stereocenters. The SMILES string of the molecule is COc1ccc2[nH]c(=S)n(CCCn3ccnn3)c2n1. The second kappa shape index (κ2) is 5.41. The summed E-state index contributed by atoms with van der Waals surface area (Å²) in [5.41, 5.74) is 1.73. The van der Waals surface area contributed by atoms with E-state index in [4.69, 9.17) is 17.0 Å². The van der Waals surface area contributed by atoms with Crippen LogP contribution in [-0.2, 0) is 13.1 Å². The van der Waals surface area contributed by atoms with Crippen LogP contribution in [0.3, 0.4) is 0 Å². The fourth-order valence-corrected chi connectivity index (χ4v) is 2.36. The molecule has 0 saturated heterocycles. The van der Waals surface area contributed by atoms with Gasteiger partial charge in [-0.1, -0.05) is 5.21 Å². The van der Waals surface area contributed by atoms with Gasteiger partial charge in [-0.15, -0.1) is 5.10 Å². The minimum absolute atomic E-state index is 0.580. The number of aryl methyl sites for hydroxylation is 2. The first-order valence-corrected chi connectivity index (χ1v) is 6.66. The number of aromatic amines is 1. The highest BCUT2D eigenvalue weighted by Crippen LogP contribution is 2.16. The van der Waals surface area contributed by atoms with E-state index >= 15 is 0 Å². The molecule has 7 nitrogen and oxygen atoms in total. The summed E-state index contributed by atoms with van der Waals surface area (Å²) in [5.74, 6) is 0.580. The zero-order chi connectivity index (χ0) is 13.9. The number of H-pyrrole nitrogens is 1. The molecule has 104 valence electrons. The Balaban J connectivity index is 1.82. The smallest absolute Gasteiger partial charge is 0.215 e. The van der Waals surface area contributed by atoms with Crippen molar-refractivity contribution in [3.8, 4) is 5.88 Å². The maximum atomic E-state index is 5.34. The Kier molecular flexibility index (Phi) is 3.46. The van der Waals surface area contributed by atoms with Crippen molar-refractivity contribution in [2.24, 2.45) is 0 Å². The van der Waals surface area contributed by atoms with Crippen LogP contribution in [0.4, 0.5) is 0 Å². The molecule has 0 unspecified atom stereocenters. The quantitative estimate of drug-likeness (QED) is 0.725. The summed E-state index contributed by atoms with van der Waals surface area (Å²) in [6, 6.07) is 3.73. The second-order valence-electron chi connectivity index (χ2n) is 4.33. The standard InChI is InChI=1S/C12H14N6OS/c1-19-10-4-3-9-11(15-10)18(12(20)14-9)7-2-6-17-8-5-13-16-17/h3-5,8H,2,6-7H2,1H3,(H,14,20). The van der Waals surface area contributed by atoms with E-state index in [-0.39, 0.29) is 0 Å². The topological polar surface area (TPSA) is 73.5 Å². The molecule has 0 aromatic carbocycles. The molecule has 3 rings (SSSR count). The van der Waals surface area contributed by atoms with E-state index in [1.807, 2.05) is 22.9 Å². The van der Waals surface area contributed by atoms with Crippen LogP contribution in [-0.4, -0.2) is 36.6 Å². The summed E-state index contributed by atoms with van der Waals surface area (Å²) >= 11 is 5.34. The summed E-state index contributed by atoms with van der Waals surface area (Å²) in [6.45, 7) is 1.55. The lowest BCUT2D eigenvalue weighted by molar-refractivity contribution is 0.398. The molecule has 8 heteroatoms. The van der Waals surface area contributed by atoms with Gasteiger partial charge in [-0.25, -0.2) is 0 Å². The molecular weight excluding hydrogens is 276 g/mol. The van der Waals surface area contributed by atoms with E-state index in [9.17, 15) is 0 Å². The molecule has 0 radical (unpaired) electrons. The van der Waals surface area contributed by atoms with Gasteiger partial charge in [-0.2, -0.15) is 4.98 Å². The lowest BCUT2D eigenvalue weighted by Crippen LogP contribution is -2.05. The van der Waals surface area contributed by atoms with Crippen LogP contribution in [0.2, 0.25) is 0 Å². The number of fused-ring (bicyclic) bond motifs is 1. The number of aromatic nitrogens is 6. The van der Waals surface area contributed by atoms with Gasteiger partial charge in [0.2, 0.25) is 5.88 Å². The molecule has 0 fully saturated rings. The van der Waals surface area contributed by atoms with Crippen molar-refractivity contribution in [1.82, 2.24) is 29.5 Å². The summed E-state index contributed by atoms with van der Waals surface area (Å²) in [4.78, 5) is 7.59. The Morgan fingerprint density at radius 2 is 2.25 bits per heavy atom.